The summed E-state index contributed by atoms with van der Waals surface area (Å²) >= 11 is 5.99. The first kappa shape index (κ1) is 18.3. The van der Waals surface area contributed by atoms with Gasteiger partial charge in [-0.1, -0.05) is 17.7 Å². The number of amides is 1. The Bertz CT molecular complexity index is 672. The Morgan fingerprint density at radius 1 is 1.46 bits per heavy atom. The van der Waals surface area contributed by atoms with E-state index >= 15 is 0 Å². The van der Waals surface area contributed by atoms with Crippen molar-refractivity contribution in [2.75, 3.05) is 32.5 Å². The van der Waals surface area contributed by atoms with Gasteiger partial charge in [0.15, 0.2) is 0 Å². The quantitative estimate of drug-likeness (QED) is 0.672. The highest BCUT2D eigenvalue weighted by atomic mass is 35.5. The molecule has 0 aliphatic carbocycles. The van der Waals surface area contributed by atoms with E-state index in [-0.39, 0.29) is 17.5 Å². The first-order valence-electron chi connectivity index (χ1n) is 8.01. The molecule has 1 saturated heterocycles. The lowest BCUT2D eigenvalue weighted by Crippen LogP contribution is -2.44. The number of likely N-dealkylation sites (tertiary alicyclic amines) is 1. The second-order valence-electron chi connectivity index (χ2n) is 6.22. The highest BCUT2D eigenvalue weighted by molar-refractivity contribution is 6.30. The number of rotatable bonds is 4. The van der Waals surface area contributed by atoms with Crippen LogP contribution in [0.15, 0.2) is 30.0 Å². The van der Waals surface area contributed by atoms with Gasteiger partial charge in [0.05, 0.1) is 0 Å². The van der Waals surface area contributed by atoms with Gasteiger partial charge in [0.1, 0.15) is 11.6 Å². The normalized spacial score (nSPS) is 16.5. The fourth-order valence-electron chi connectivity index (χ4n) is 2.78. The number of hydrogen-bond acceptors (Lipinski definition) is 4. The maximum absolute atomic E-state index is 12.6. The summed E-state index contributed by atoms with van der Waals surface area (Å²) in [6.07, 6.45) is 3.32. The van der Waals surface area contributed by atoms with Crippen molar-refractivity contribution in [2.24, 2.45) is 0 Å². The van der Waals surface area contributed by atoms with Crippen LogP contribution in [0.4, 0.5) is 5.69 Å². The van der Waals surface area contributed by atoms with E-state index in [1.165, 1.54) is 6.20 Å². The molecule has 0 saturated carbocycles. The number of anilines is 1. The van der Waals surface area contributed by atoms with Crippen molar-refractivity contribution in [1.29, 1.82) is 5.26 Å². The van der Waals surface area contributed by atoms with E-state index in [0.717, 1.165) is 37.2 Å². The van der Waals surface area contributed by atoms with Crippen molar-refractivity contribution >= 4 is 23.2 Å². The van der Waals surface area contributed by atoms with Gasteiger partial charge in [-0.3, -0.25) is 4.79 Å². The predicted molar refractivity (Wildman–Crippen MR) is 96.8 cm³/mol. The predicted octanol–water partition coefficient (Wildman–Crippen LogP) is 3.02. The lowest BCUT2D eigenvalue weighted by atomic mass is 10.0. The van der Waals surface area contributed by atoms with Crippen LogP contribution in [0.25, 0.3) is 0 Å². The number of hydrogen-bond donors (Lipinski definition) is 1. The summed E-state index contributed by atoms with van der Waals surface area (Å²) in [7, 11) is 3.85. The average molecular weight is 347 g/mol. The molecule has 1 heterocycles. The molecule has 5 nitrogen and oxygen atoms in total. The molecule has 1 aromatic carbocycles. The van der Waals surface area contributed by atoms with Crippen molar-refractivity contribution < 1.29 is 4.79 Å². The molecule has 0 spiro atoms. The van der Waals surface area contributed by atoms with E-state index in [0.29, 0.717) is 5.02 Å². The maximum Gasteiger partial charge on any atom is 0.266 e. The van der Waals surface area contributed by atoms with Crippen LogP contribution in [0.3, 0.4) is 0 Å². The lowest BCUT2D eigenvalue weighted by molar-refractivity contribution is -0.128. The minimum atomic E-state index is -0.251. The second kappa shape index (κ2) is 8.18. The van der Waals surface area contributed by atoms with Crippen LogP contribution in [-0.2, 0) is 4.79 Å². The van der Waals surface area contributed by atoms with Crippen LogP contribution in [0, 0.1) is 18.3 Å². The summed E-state index contributed by atoms with van der Waals surface area (Å²) in [6, 6.07) is 7.64. The number of halogens is 1. The molecule has 0 bridgehead atoms. The molecule has 6 heteroatoms. The molecule has 1 aliphatic rings. The van der Waals surface area contributed by atoms with Crippen LogP contribution in [0.1, 0.15) is 18.4 Å². The summed E-state index contributed by atoms with van der Waals surface area (Å²) in [6.45, 7) is 3.87. The zero-order chi connectivity index (χ0) is 17.7. The van der Waals surface area contributed by atoms with Gasteiger partial charge in [-0.25, -0.2) is 0 Å². The fourth-order valence-corrected chi connectivity index (χ4v) is 2.95. The topological polar surface area (TPSA) is 59.4 Å². The number of aryl methyl sites for hydroxylation is 1. The van der Waals surface area contributed by atoms with Crippen molar-refractivity contribution in [3.05, 3.63) is 40.6 Å². The van der Waals surface area contributed by atoms with Gasteiger partial charge >= 0.3 is 0 Å². The Kier molecular flexibility index (Phi) is 6.24. The number of piperidine rings is 1. The van der Waals surface area contributed by atoms with Gasteiger partial charge in [-0.2, -0.15) is 5.26 Å². The monoisotopic (exact) mass is 346 g/mol. The van der Waals surface area contributed by atoms with Gasteiger partial charge in [-0.15, -0.1) is 0 Å². The molecule has 0 aromatic heterocycles. The van der Waals surface area contributed by atoms with Gasteiger partial charge < -0.3 is 15.1 Å². The highest BCUT2D eigenvalue weighted by Crippen LogP contribution is 2.21. The molecule has 24 heavy (non-hydrogen) atoms. The molecular formula is C18H23ClN4O. The Morgan fingerprint density at radius 2 is 2.12 bits per heavy atom. The summed E-state index contributed by atoms with van der Waals surface area (Å²) in [5.41, 5.74) is 1.87. The number of nitrogens with one attached hydrogen (secondary N) is 1. The third-order valence-corrected chi connectivity index (χ3v) is 4.71. The van der Waals surface area contributed by atoms with E-state index in [4.69, 9.17) is 11.6 Å². The SMILES string of the molecule is Cc1ccc(Cl)cc1N/C=C(/C#N)C(=O)N(C)C1CCN(C)CC1. The van der Waals surface area contributed by atoms with Crippen LogP contribution >= 0.6 is 11.6 Å². The van der Waals surface area contributed by atoms with Gasteiger partial charge in [-0.05, 0) is 57.6 Å². The number of benzene rings is 1. The Morgan fingerprint density at radius 3 is 2.75 bits per heavy atom. The Hall–Kier alpha value is -2.03. The van der Waals surface area contributed by atoms with E-state index in [1.54, 1.807) is 24.1 Å². The zero-order valence-corrected chi connectivity index (χ0v) is 15.1. The smallest absolute Gasteiger partial charge is 0.266 e. The number of carbonyl (C=O) groups is 1. The molecule has 2 rings (SSSR count). The summed E-state index contributed by atoms with van der Waals surface area (Å²) < 4.78 is 0. The third kappa shape index (κ3) is 4.50. The Balaban J connectivity index is 2.08. The summed E-state index contributed by atoms with van der Waals surface area (Å²) in [5, 5.41) is 13.0. The molecule has 1 aromatic rings. The number of nitriles is 1. The summed E-state index contributed by atoms with van der Waals surface area (Å²) in [4.78, 5) is 16.5. The molecule has 1 amide bonds. The minimum absolute atomic E-state index is 0.0933. The maximum atomic E-state index is 12.6. The lowest BCUT2D eigenvalue weighted by Gasteiger charge is -2.35. The molecular weight excluding hydrogens is 324 g/mol. The average Bonchev–Trinajstić information content (AvgIpc) is 2.58. The third-order valence-electron chi connectivity index (χ3n) is 4.48. The molecule has 1 fully saturated rings. The van der Waals surface area contributed by atoms with E-state index in [1.807, 2.05) is 19.1 Å². The van der Waals surface area contributed by atoms with Crippen molar-refractivity contribution in [3.63, 3.8) is 0 Å². The summed E-state index contributed by atoms with van der Waals surface area (Å²) in [5.74, 6) is -0.251. The van der Waals surface area contributed by atoms with Crippen molar-refractivity contribution in [3.8, 4) is 6.07 Å². The van der Waals surface area contributed by atoms with E-state index in [9.17, 15) is 10.1 Å². The van der Waals surface area contributed by atoms with Crippen LogP contribution in [0.2, 0.25) is 5.02 Å². The van der Waals surface area contributed by atoms with Gasteiger partial charge in [0.25, 0.3) is 5.91 Å². The first-order valence-corrected chi connectivity index (χ1v) is 8.39. The first-order chi connectivity index (χ1) is 11.4. The van der Waals surface area contributed by atoms with E-state index in [2.05, 4.69) is 17.3 Å². The standard InChI is InChI=1S/C18H23ClN4O/c1-13-4-5-15(19)10-17(13)21-12-14(11-20)18(24)23(3)16-6-8-22(2)9-7-16/h4-5,10,12,16,21H,6-9H2,1-3H3/b14-12-. The number of carbonyl (C=O) groups excluding carboxylic acids is 1. The highest BCUT2D eigenvalue weighted by Gasteiger charge is 2.25. The largest absolute Gasteiger partial charge is 0.360 e. The molecule has 0 radical (unpaired) electrons. The fraction of sp³-hybridized carbons (Fsp3) is 0.444. The number of likely N-dealkylation sites (N-methyl/N-ethyl adjacent to an activating group) is 1. The van der Waals surface area contributed by atoms with Crippen molar-refractivity contribution in [1.82, 2.24) is 9.80 Å². The van der Waals surface area contributed by atoms with Gasteiger partial charge in [0, 0.05) is 30.0 Å². The van der Waals surface area contributed by atoms with Crippen LogP contribution < -0.4 is 5.32 Å². The van der Waals surface area contributed by atoms with Crippen molar-refractivity contribution in [2.45, 2.75) is 25.8 Å². The molecule has 0 unspecified atom stereocenters. The molecule has 1 aliphatic heterocycles. The Labute approximate surface area is 148 Å². The number of nitrogens with zero attached hydrogens (tertiary/aromatic N) is 3. The van der Waals surface area contributed by atoms with Crippen LogP contribution in [0.5, 0.6) is 0 Å². The molecule has 1 N–H and O–H groups in total. The van der Waals surface area contributed by atoms with E-state index < -0.39 is 0 Å². The molecule has 0 atom stereocenters. The van der Waals surface area contributed by atoms with Crippen LogP contribution in [-0.4, -0.2) is 48.9 Å². The zero-order valence-electron chi connectivity index (χ0n) is 14.3. The minimum Gasteiger partial charge on any atom is -0.360 e. The van der Waals surface area contributed by atoms with Gasteiger partial charge in [0.2, 0.25) is 0 Å². The molecule has 128 valence electrons. The second-order valence-corrected chi connectivity index (χ2v) is 6.66.